The Hall–Kier alpha value is -3.06. The van der Waals surface area contributed by atoms with E-state index in [9.17, 15) is 14.3 Å². The quantitative estimate of drug-likeness (QED) is 0.715. The third kappa shape index (κ3) is 2.18. The van der Waals surface area contributed by atoms with E-state index in [1.165, 1.54) is 6.07 Å². The Morgan fingerprint density at radius 2 is 2.07 bits per heavy atom. The third-order valence-electron chi connectivity index (χ3n) is 5.24. The molecule has 0 bridgehead atoms. The number of hydrogen-bond donors (Lipinski definition) is 1. The summed E-state index contributed by atoms with van der Waals surface area (Å²) in [6, 6.07) is 8.20. The van der Waals surface area contributed by atoms with Crippen molar-refractivity contribution in [1.29, 1.82) is 0 Å². The second-order valence-corrected chi connectivity index (χ2v) is 7.03. The highest BCUT2D eigenvalue weighted by atomic mass is 19.1. The summed E-state index contributed by atoms with van der Waals surface area (Å²) in [5, 5.41) is 11.1. The summed E-state index contributed by atoms with van der Waals surface area (Å²) < 4.78 is 19.4. The van der Waals surface area contributed by atoms with Crippen LogP contribution >= 0.6 is 0 Å². The topological polar surface area (TPSA) is 78.9 Å². The Bertz CT molecular complexity index is 1170. The zero-order chi connectivity index (χ0) is 18.9. The van der Waals surface area contributed by atoms with Crippen molar-refractivity contribution >= 4 is 34.1 Å². The van der Waals surface area contributed by atoms with E-state index in [1.54, 1.807) is 19.9 Å². The number of aromatic nitrogens is 1. The fourth-order valence-electron chi connectivity index (χ4n) is 3.81. The smallest absolute Gasteiger partial charge is 0.204 e. The van der Waals surface area contributed by atoms with Crippen LogP contribution in [-0.4, -0.2) is 33.9 Å². The van der Waals surface area contributed by atoms with Crippen LogP contribution in [0, 0.1) is 19.7 Å². The second-order valence-electron chi connectivity index (χ2n) is 7.03. The highest BCUT2D eigenvalue weighted by Crippen LogP contribution is 2.40. The van der Waals surface area contributed by atoms with Gasteiger partial charge in [-0.3, -0.25) is 4.79 Å². The van der Waals surface area contributed by atoms with E-state index in [4.69, 9.17) is 4.42 Å². The number of aliphatic hydroxyl groups is 1. The summed E-state index contributed by atoms with van der Waals surface area (Å²) >= 11 is 0. The van der Waals surface area contributed by atoms with Crippen molar-refractivity contribution in [2.75, 3.05) is 11.4 Å². The van der Waals surface area contributed by atoms with E-state index in [0.717, 1.165) is 11.8 Å². The first kappa shape index (κ1) is 16.1. The van der Waals surface area contributed by atoms with Crippen LogP contribution < -0.4 is 4.90 Å². The molecule has 3 heterocycles. The van der Waals surface area contributed by atoms with Crippen LogP contribution in [0.4, 0.5) is 15.8 Å². The molecule has 0 aliphatic carbocycles. The summed E-state index contributed by atoms with van der Waals surface area (Å²) in [4.78, 5) is 23.6. The number of carbonyl (C=O) groups is 1. The number of oxazole rings is 1. The number of fused-ring (bicyclic) bond motifs is 3. The van der Waals surface area contributed by atoms with Gasteiger partial charge in [-0.1, -0.05) is 0 Å². The Morgan fingerprint density at radius 3 is 2.89 bits per heavy atom. The number of hydrogen-bond acceptors (Lipinski definition) is 6. The summed E-state index contributed by atoms with van der Waals surface area (Å²) in [7, 11) is 0. The Labute approximate surface area is 154 Å². The number of nitrogens with zero attached hydrogens (tertiary/aromatic N) is 3. The molecule has 1 fully saturated rings. The van der Waals surface area contributed by atoms with Crippen molar-refractivity contribution in [2.24, 2.45) is 4.99 Å². The van der Waals surface area contributed by atoms with Crippen molar-refractivity contribution in [3.05, 3.63) is 53.2 Å². The fourth-order valence-corrected chi connectivity index (χ4v) is 3.81. The van der Waals surface area contributed by atoms with Crippen LogP contribution in [0.15, 0.2) is 39.7 Å². The SMILES string of the molecule is Cc1nc2cc(N3CCC4(O)C(=O)c5cc(F)c(C)cc5N=C34)ccc2o1. The lowest BCUT2D eigenvalue weighted by Gasteiger charge is -2.29. The lowest BCUT2D eigenvalue weighted by atomic mass is 9.87. The van der Waals surface area contributed by atoms with E-state index in [-0.39, 0.29) is 17.8 Å². The number of halogens is 1. The van der Waals surface area contributed by atoms with Crippen molar-refractivity contribution in [3.63, 3.8) is 0 Å². The van der Waals surface area contributed by atoms with Crippen LogP contribution in [0.2, 0.25) is 0 Å². The highest BCUT2D eigenvalue weighted by Gasteiger charge is 2.52. The molecule has 27 heavy (non-hydrogen) atoms. The minimum absolute atomic E-state index is 0.119. The molecule has 5 rings (SSSR count). The standard InChI is InChI=1S/C20H16FN3O3/c1-10-7-15-13(9-14(10)21)18(25)20(26)5-6-24(19(20)23-15)12-3-4-17-16(8-12)22-11(2)27-17/h3-4,7-9,26H,5-6H2,1-2H3. The third-order valence-corrected chi connectivity index (χ3v) is 5.24. The van der Waals surface area contributed by atoms with Crippen LogP contribution in [0.5, 0.6) is 0 Å². The maximum absolute atomic E-state index is 13.9. The van der Waals surface area contributed by atoms with Gasteiger partial charge in [0, 0.05) is 31.1 Å². The lowest BCUT2D eigenvalue weighted by Crippen LogP contribution is -2.48. The molecular formula is C20H16FN3O3. The zero-order valence-corrected chi connectivity index (χ0v) is 14.8. The molecule has 0 radical (unpaired) electrons. The molecule has 7 heteroatoms. The van der Waals surface area contributed by atoms with Gasteiger partial charge in [-0.05, 0) is 42.8 Å². The molecule has 1 atom stereocenters. The monoisotopic (exact) mass is 365 g/mol. The summed E-state index contributed by atoms with van der Waals surface area (Å²) in [6.45, 7) is 3.81. The molecule has 6 nitrogen and oxygen atoms in total. The number of carbonyl (C=O) groups excluding carboxylic acids is 1. The lowest BCUT2D eigenvalue weighted by molar-refractivity contribution is 0.0601. The number of Topliss-reactive ketones (excluding diaryl/α,β-unsaturated/α-hetero) is 1. The van der Waals surface area contributed by atoms with Gasteiger partial charge in [-0.15, -0.1) is 0 Å². The van der Waals surface area contributed by atoms with E-state index in [0.29, 0.717) is 34.8 Å². The molecule has 2 aliphatic rings. The fraction of sp³-hybridized carbons (Fsp3) is 0.250. The number of aryl methyl sites for hydroxylation is 2. The van der Waals surface area contributed by atoms with E-state index < -0.39 is 17.2 Å². The molecule has 1 unspecified atom stereocenters. The molecule has 2 aromatic carbocycles. The summed E-state index contributed by atoms with van der Waals surface area (Å²) in [5.41, 5.74) is 1.28. The zero-order valence-electron chi connectivity index (χ0n) is 14.8. The number of benzene rings is 2. The van der Waals surface area contributed by atoms with Gasteiger partial charge in [0.15, 0.2) is 17.1 Å². The maximum Gasteiger partial charge on any atom is 0.204 e. The predicted molar refractivity (Wildman–Crippen MR) is 98.2 cm³/mol. The van der Waals surface area contributed by atoms with E-state index in [1.807, 2.05) is 17.0 Å². The molecular weight excluding hydrogens is 349 g/mol. The Kier molecular flexibility index (Phi) is 3.13. The van der Waals surface area contributed by atoms with Gasteiger partial charge in [0.25, 0.3) is 0 Å². The summed E-state index contributed by atoms with van der Waals surface area (Å²) in [6.07, 6.45) is 0.190. The molecule has 136 valence electrons. The number of amidine groups is 1. The number of anilines is 1. The van der Waals surface area contributed by atoms with Crippen LogP contribution in [-0.2, 0) is 0 Å². The molecule has 0 saturated carbocycles. The first-order valence-electron chi connectivity index (χ1n) is 8.68. The first-order valence-corrected chi connectivity index (χ1v) is 8.68. The van der Waals surface area contributed by atoms with Gasteiger partial charge in [0.2, 0.25) is 5.78 Å². The van der Waals surface area contributed by atoms with Crippen molar-refractivity contribution in [1.82, 2.24) is 4.98 Å². The van der Waals surface area contributed by atoms with Gasteiger partial charge < -0.3 is 14.4 Å². The minimum Gasteiger partial charge on any atom is -0.441 e. The Morgan fingerprint density at radius 1 is 1.26 bits per heavy atom. The van der Waals surface area contributed by atoms with Gasteiger partial charge in [0.1, 0.15) is 17.2 Å². The molecule has 1 saturated heterocycles. The molecule has 0 spiro atoms. The average Bonchev–Trinajstić information content (AvgIpc) is 3.16. The van der Waals surface area contributed by atoms with Crippen LogP contribution in [0.1, 0.15) is 28.2 Å². The van der Waals surface area contributed by atoms with Crippen LogP contribution in [0.25, 0.3) is 11.1 Å². The molecule has 2 aliphatic heterocycles. The molecule has 1 aromatic heterocycles. The van der Waals surface area contributed by atoms with Gasteiger partial charge in [-0.25, -0.2) is 14.4 Å². The summed E-state index contributed by atoms with van der Waals surface area (Å²) in [5.74, 6) is -0.157. The first-order chi connectivity index (χ1) is 12.9. The van der Waals surface area contributed by atoms with Gasteiger partial charge >= 0.3 is 0 Å². The Balaban J connectivity index is 1.66. The highest BCUT2D eigenvalue weighted by molar-refractivity contribution is 6.28. The van der Waals surface area contributed by atoms with E-state index in [2.05, 4.69) is 9.98 Å². The number of aliphatic imine (C=N–C) groups is 1. The average molecular weight is 365 g/mol. The molecule has 1 N–H and O–H groups in total. The maximum atomic E-state index is 13.9. The minimum atomic E-state index is -1.75. The van der Waals surface area contributed by atoms with Crippen molar-refractivity contribution in [2.45, 2.75) is 25.9 Å². The molecule has 0 amide bonds. The second kappa shape index (κ2) is 5.23. The normalized spacial score (nSPS) is 21.4. The number of rotatable bonds is 1. The van der Waals surface area contributed by atoms with E-state index >= 15 is 0 Å². The van der Waals surface area contributed by atoms with Crippen molar-refractivity contribution in [3.8, 4) is 0 Å². The van der Waals surface area contributed by atoms with Crippen LogP contribution in [0.3, 0.4) is 0 Å². The van der Waals surface area contributed by atoms with Gasteiger partial charge in [-0.2, -0.15) is 0 Å². The van der Waals surface area contributed by atoms with Crippen molar-refractivity contribution < 1.29 is 18.7 Å². The molecule has 3 aromatic rings. The van der Waals surface area contributed by atoms with Gasteiger partial charge in [0.05, 0.1) is 5.69 Å². The predicted octanol–water partition coefficient (Wildman–Crippen LogP) is 3.45. The number of ketones is 1. The largest absolute Gasteiger partial charge is 0.441 e.